The zero-order valence-corrected chi connectivity index (χ0v) is 6.78. The Hall–Kier alpha value is -1.78. The number of rotatable bonds is 2. The molecule has 68 valence electrons. The van der Waals surface area contributed by atoms with Gasteiger partial charge >= 0.3 is 5.97 Å². The largest absolute Gasteiger partial charge is 0.465 e. The minimum atomic E-state index is -0.783. The molecule has 0 saturated heterocycles. The Labute approximate surface area is 73.3 Å². The topological polar surface area (TPSA) is 55.7 Å². The third kappa shape index (κ3) is 1.87. The minimum absolute atomic E-state index is 0.131. The molecule has 0 unspecified atom stereocenters. The number of carbonyl (C=O) groups excluding carboxylic acids is 1. The van der Waals surface area contributed by atoms with E-state index in [1.807, 2.05) is 0 Å². The van der Waals surface area contributed by atoms with Crippen molar-refractivity contribution in [1.82, 2.24) is 0 Å². The first kappa shape index (κ1) is 9.31. The zero-order chi connectivity index (χ0) is 9.84. The van der Waals surface area contributed by atoms with Crippen LogP contribution in [0.25, 0.3) is 0 Å². The van der Waals surface area contributed by atoms with Gasteiger partial charge in [-0.2, -0.15) is 0 Å². The Balaban J connectivity index is 3.23. The van der Waals surface area contributed by atoms with E-state index in [2.05, 4.69) is 9.91 Å². The van der Waals surface area contributed by atoms with Crippen LogP contribution in [-0.4, -0.2) is 13.1 Å². The van der Waals surface area contributed by atoms with Crippen LogP contribution in [-0.2, 0) is 4.74 Å². The Morgan fingerprint density at radius 3 is 2.77 bits per heavy atom. The number of methoxy groups -OCH3 is 1. The second-order valence-corrected chi connectivity index (χ2v) is 2.24. The van der Waals surface area contributed by atoms with E-state index in [0.717, 1.165) is 25.3 Å². The fourth-order valence-corrected chi connectivity index (χ4v) is 0.861. The third-order valence-electron chi connectivity index (χ3n) is 1.46. The van der Waals surface area contributed by atoms with Crippen molar-refractivity contribution >= 4 is 11.7 Å². The van der Waals surface area contributed by atoms with Crippen LogP contribution < -0.4 is 0 Å². The molecule has 0 aromatic heterocycles. The Bertz CT molecular complexity index is 351. The van der Waals surface area contributed by atoms with Crippen LogP contribution >= 0.6 is 0 Å². The van der Waals surface area contributed by atoms with E-state index in [-0.39, 0.29) is 11.3 Å². The van der Waals surface area contributed by atoms with E-state index in [1.165, 1.54) is 0 Å². The summed E-state index contributed by atoms with van der Waals surface area (Å²) in [6.45, 7) is 0. The van der Waals surface area contributed by atoms with Crippen LogP contribution in [0.4, 0.5) is 10.1 Å². The minimum Gasteiger partial charge on any atom is -0.465 e. The molecule has 1 aromatic carbocycles. The predicted molar refractivity (Wildman–Crippen MR) is 43.2 cm³/mol. The first-order valence-corrected chi connectivity index (χ1v) is 3.40. The van der Waals surface area contributed by atoms with Gasteiger partial charge < -0.3 is 4.74 Å². The lowest BCUT2D eigenvalue weighted by atomic mass is 10.2. The molecule has 1 rings (SSSR count). The van der Waals surface area contributed by atoms with Gasteiger partial charge in [0.25, 0.3) is 0 Å². The Morgan fingerprint density at radius 1 is 1.54 bits per heavy atom. The first-order valence-electron chi connectivity index (χ1n) is 3.40. The molecular formula is C8H6FNO3. The summed E-state index contributed by atoms with van der Waals surface area (Å²) < 4.78 is 17.0. The van der Waals surface area contributed by atoms with E-state index in [0.29, 0.717) is 0 Å². The molecule has 0 aliphatic rings. The lowest BCUT2D eigenvalue weighted by Gasteiger charge is -2.00. The molecule has 0 spiro atoms. The van der Waals surface area contributed by atoms with Crippen LogP contribution in [0.3, 0.4) is 0 Å². The van der Waals surface area contributed by atoms with Crippen LogP contribution in [0.15, 0.2) is 23.4 Å². The van der Waals surface area contributed by atoms with Gasteiger partial charge in [0.1, 0.15) is 11.5 Å². The maximum absolute atomic E-state index is 12.6. The fraction of sp³-hybridized carbons (Fsp3) is 0.125. The quantitative estimate of drug-likeness (QED) is 0.520. The number of halogens is 1. The van der Waals surface area contributed by atoms with Crippen LogP contribution in [0.5, 0.6) is 0 Å². The number of nitrogens with zero attached hydrogens (tertiary/aromatic N) is 1. The highest BCUT2D eigenvalue weighted by atomic mass is 19.1. The maximum Gasteiger partial charge on any atom is 0.340 e. The standard InChI is InChI=1S/C8H6FNO3/c1-13-8(11)6-4-5(9)2-3-7(6)10-12/h2-4H,1H3. The van der Waals surface area contributed by atoms with Crippen molar-refractivity contribution in [3.8, 4) is 0 Å². The van der Waals surface area contributed by atoms with Gasteiger partial charge in [-0.1, -0.05) is 0 Å². The highest BCUT2D eigenvalue weighted by Crippen LogP contribution is 2.20. The smallest absolute Gasteiger partial charge is 0.340 e. The number of nitroso groups, excluding NO2 is 1. The lowest BCUT2D eigenvalue weighted by molar-refractivity contribution is 0.0601. The van der Waals surface area contributed by atoms with Crippen LogP contribution in [0, 0.1) is 10.7 Å². The number of ether oxygens (including phenoxy) is 1. The summed E-state index contributed by atoms with van der Waals surface area (Å²) in [4.78, 5) is 21.1. The molecule has 4 nitrogen and oxygen atoms in total. The van der Waals surface area contributed by atoms with Crippen molar-refractivity contribution in [3.63, 3.8) is 0 Å². The number of carbonyl (C=O) groups is 1. The SMILES string of the molecule is COC(=O)c1cc(F)ccc1N=O. The Morgan fingerprint density at radius 2 is 2.23 bits per heavy atom. The summed E-state index contributed by atoms with van der Waals surface area (Å²) >= 11 is 0. The number of hydrogen-bond acceptors (Lipinski definition) is 4. The van der Waals surface area contributed by atoms with Crippen LogP contribution in [0.1, 0.15) is 10.4 Å². The monoisotopic (exact) mass is 183 g/mol. The molecule has 13 heavy (non-hydrogen) atoms. The highest BCUT2D eigenvalue weighted by Gasteiger charge is 2.13. The maximum atomic E-state index is 12.6. The second-order valence-electron chi connectivity index (χ2n) is 2.24. The van der Waals surface area contributed by atoms with Gasteiger partial charge in [-0.25, -0.2) is 9.18 Å². The highest BCUT2D eigenvalue weighted by molar-refractivity contribution is 5.94. The summed E-state index contributed by atoms with van der Waals surface area (Å²) in [5, 5.41) is 2.56. The van der Waals surface area contributed by atoms with Gasteiger partial charge in [-0.3, -0.25) is 0 Å². The van der Waals surface area contributed by atoms with Crippen molar-refractivity contribution in [2.24, 2.45) is 5.18 Å². The molecule has 0 amide bonds. The molecule has 0 radical (unpaired) electrons. The van der Waals surface area contributed by atoms with Gasteiger partial charge in [0.05, 0.1) is 12.7 Å². The van der Waals surface area contributed by atoms with E-state index >= 15 is 0 Å². The summed E-state index contributed by atoms with van der Waals surface area (Å²) in [6, 6.07) is 3.07. The predicted octanol–water partition coefficient (Wildman–Crippen LogP) is 2.01. The molecule has 0 aliphatic carbocycles. The van der Waals surface area contributed by atoms with Crippen molar-refractivity contribution in [2.45, 2.75) is 0 Å². The summed E-state index contributed by atoms with van der Waals surface area (Å²) in [5.41, 5.74) is -0.300. The summed E-state index contributed by atoms with van der Waals surface area (Å²) in [5.74, 6) is -1.40. The van der Waals surface area contributed by atoms with E-state index in [1.54, 1.807) is 0 Å². The average molecular weight is 183 g/mol. The third-order valence-corrected chi connectivity index (χ3v) is 1.46. The number of esters is 1. The van der Waals surface area contributed by atoms with Crippen molar-refractivity contribution < 1.29 is 13.9 Å². The molecular weight excluding hydrogens is 177 g/mol. The number of benzene rings is 1. The molecule has 0 aliphatic heterocycles. The van der Waals surface area contributed by atoms with E-state index in [9.17, 15) is 14.1 Å². The van der Waals surface area contributed by atoms with E-state index < -0.39 is 11.8 Å². The van der Waals surface area contributed by atoms with Crippen molar-refractivity contribution in [2.75, 3.05) is 7.11 Å². The number of hydrogen-bond donors (Lipinski definition) is 0. The molecule has 0 bridgehead atoms. The van der Waals surface area contributed by atoms with Gasteiger partial charge in [-0.15, -0.1) is 4.91 Å². The molecule has 0 atom stereocenters. The molecule has 0 heterocycles. The van der Waals surface area contributed by atoms with Gasteiger partial charge in [0.2, 0.25) is 0 Å². The van der Waals surface area contributed by atoms with Crippen molar-refractivity contribution in [1.29, 1.82) is 0 Å². The summed E-state index contributed by atoms with van der Waals surface area (Å²) in [7, 11) is 1.14. The first-order chi connectivity index (χ1) is 6.19. The molecule has 0 saturated carbocycles. The lowest BCUT2D eigenvalue weighted by Crippen LogP contribution is -2.01. The second kappa shape index (κ2) is 3.75. The van der Waals surface area contributed by atoms with Crippen LogP contribution in [0.2, 0.25) is 0 Å². The van der Waals surface area contributed by atoms with Crippen molar-refractivity contribution in [3.05, 3.63) is 34.5 Å². The van der Waals surface area contributed by atoms with Gasteiger partial charge in [-0.05, 0) is 23.4 Å². The van der Waals surface area contributed by atoms with Gasteiger partial charge in [0.15, 0.2) is 0 Å². The molecule has 0 N–H and O–H groups in total. The molecule has 5 heteroatoms. The fourth-order valence-electron chi connectivity index (χ4n) is 0.861. The normalized spacial score (nSPS) is 9.38. The summed E-state index contributed by atoms with van der Waals surface area (Å²) in [6.07, 6.45) is 0. The molecule has 1 aromatic rings. The van der Waals surface area contributed by atoms with E-state index in [4.69, 9.17) is 0 Å². The van der Waals surface area contributed by atoms with Gasteiger partial charge in [0, 0.05) is 0 Å². The molecule has 0 fully saturated rings. The Kier molecular flexibility index (Phi) is 2.69. The average Bonchev–Trinajstić information content (AvgIpc) is 2.16. The zero-order valence-electron chi connectivity index (χ0n) is 6.78.